The number of rotatable bonds is 4. The van der Waals surface area contributed by atoms with Gasteiger partial charge in [0.15, 0.2) is 10.6 Å². The molecule has 1 saturated carbocycles. The molecule has 0 aliphatic heterocycles. The van der Waals surface area contributed by atoms with Gasteiger partial charge in [-0.3, -0.25) is 0 Å². The molecule has 2 rings (SSSR count). The summed E-state index contributed by atoms with van der Waals surface area (Å²) in [5.41, 5.74) is 0. The molecule has 0 radical (unpaired) electrons. The first-order valence-electron chi connectivity index (χ1n) is 7.34. The van der Waals surface area contributed by atoms with Gasteiger partial charge in [-0.25, -0.2) is 17.5 Å². The molecule has 0 amide bonds. The minimum atomic E-state index is -5.14. The zero-order chi connectivity index (χ0) is 18.0. The largest absolute Gasteiger partial charge is 0.573 e. The van der Waals surface area contributed by atoms with E-state index >= 15 is 0 Å². The van der Waals surface area contributed by atoms with E-state index in [1.54, 1.807) is 0 Å². The van der Waals surface area contributed by atoms with E-state index in [4.69, 9.17) is 0 Å². The van der Waals surface area contributed by atoms with E-state index in [-0.39, 0.29) is 12.8 Å². The molecule has 1 aromatic carbocycles. The van der Waals surface area contributed by atoms with Crippen molar-refractivity contribution in [3.05, 3.63) is 18.2 Å². The molecule has 136 valence electrons. The van der Waals surface area contributed by atoms with Crippen LogP contribution in [-0.4, -0.2) is 32.1 Å². The van der Waals surface area contributed by atoms with Crippen LogP contribution < -0.4 is 9.46 Å². The molecule has 0 heterocycles. The highest BCUT2D eigenvalue weighted by molar-refractivity contribution is 7.89. The van der Waals surface area contributed by atoms with Gasteiger partial charge in [-0.2, -0.15) is 0 Å². The van der Waals surface area contributed by atoms with E-state index in [0.29, 0.717) is 12.8 Å². The quantitative estimate of drug-likeness (QED) is 0.629. The van der Waals surface area contributed by atoms with Crippen molar-refractivity contribution in [2.75, 3.05) is 0 Å². The van der Waals surface area contributed by atoms with Gasteiger partial charge in [-0.15, -0.1) is 13.2 Å². The minimum Gasteiger partial charge on any atom is -0.506 e. The Labute approximate surface area is 136 Å². The summed E-state index contributed by atoms with van der Waals surface area (Å²) >= 11 is 0. The molecule has 0 bridgehead atoms. The van der Waals surface area contributed by atoms with Gasteiger partial charge in [-0.1, -0.05) is 25.3 Å². The van der Waals surface area contributed by atoms with Gasteiger partial charge in [0.2, 0.25) is 10.0 Å². The fourth-order valence-electron chi connectivity index (χ4n) is 2.63. The Bertz CT molecular complexity index is 678. The molecule has 0 saturated heterocycles. The van der Waals surface area contributed by atoms with E-state index < -0.39 is 45.0 Å². The molecule has 0 aromatic heterocycles. The maximum Gasteiger partial charge on any atom is 0.573 e. The third-order valence-corrected chi connectivity index (χ3v) is 5.25. The fraction of sp³-hybridized carbons (Fsp3) is 0.571. The normalized spacial score (nSPS) is 22.8. The topological polar surface area (TPSA) is 75.6 Å². The summed E-state index contributed by atoms with van der Waals surface area (Å²) < 4.78 is 81.9. The van der Waals surface area contributed by atoms with Crippen molar-refractivity contribution in [2.45, 2.75) is 55.6 Å². The van der Waals surface area contributed by atoms with E-state index in [2.05, 4.69) is 9.46 Å². The summed E-state index contributed by atoms with van der Waals surface area (Å²) in [6, 6.07) is 1.63. The van der Waals surface area contributed by atoms with Gasteiger partial charge >= 0.3 is 6.36 Å². The molecule has 2 atom stereocenters. The summed E-state index contributed by atoms with van der Waals surface area (Å²) in [5.74, 6) is -1.98. The number of nitrogens with one attached hydrogen (secondary N) is 1. The standard InChI is InChI=1S/C14H17F4NO4S/c15-9-5-2-1-3-6-10(9)19-24(21,22)13-11(20)7-4-8-12(13)23-14(16,17)18/h4,7-10,19-20H,1-3,5-6H2. The van der Waals surface area contributed by atoms with Crippen LogP contribution in [-0.2, 0) is 10.0 Å². The second kappa shape index (κ2) is 7.14. The Kier molecular flexibility index (Phi) is 5.59. The van der Waals surface area contributed by atoms with E-state index in [1.807, 2.05) is 0 Å². The van der Waals surface area contributed by atoms with Crippen molar-refractivity contribution in [1.29, 1.82) is 0 Å². The highest BCUT2D eigenvalue weighted by Crippen LogP contribution is 2.36. The first-order valence-corrected chi connectivity index (χ1v) is 8.82. The van der Waals surface area contributed by atoms with Crippen LogP contribution in [0, 0.1) is 0 Å². The van der Waals surface area contributed by atoms with E-state index in [1.165, 1.54) is 0 Å². The van der Waals surface area contributed by atoms with Gasteiger partial charge in [-0.05, 0) is 25.0 Å². The summed E-state index contributed by atoms with van der Waals surface area (Å²) in [6.45, 7) is 0. The van der Waals surface area contributed by atoms with Crippen LogP contribution in [0.1, 0.15) is 32.1 Å². The summed E-state index contributed by atoms with van der Waals surface area (Å²) in [4.78, 5) is -1.06. The smallest absolute Gasteiger partial charge is 0.506 e. The predicted molar refractivity (Wildman–Crippen MR) is 76.9 cm³/mol. The third kappa shape index (κ3) is 4.73. The lowest BCUT2D eigenvalue weighted by molar-refractivity contribution is -0.275. The van der Waals surface area contributed by atoms with Gasteiger partial charge in [0, 0.05) is 0 Å². The predicted octanol–water partition coefficient (Wildman–Crippen LogP) is 3.24. The number of ether oxygens (including phenoxy) is 1. The Balaban J connectivity index is 2.34. The second-order valence-corrected chi connectivity index (χ2v) is 7.18. The number of alkyl halides is 4. The summed E-state index contributed by atoms with van der Waals surface area (Å²) in [6.07, 6.45) is -4.23. The summed E-state index contributed by atoms with van der Waals surface area (Å²) in [7, 11) is -4.61. The van der Waals surface area contributed by atoms with Crippen molar-refractivity contribution >= 4 is 10.0 Å². The van der Waals surface area contributed by atoms with Gasteiger partial charge in [0.05, 0.1) is 6.04 Å². The van der Waals surface area contributed by atoms with Gasteiger partial charge < -0.3 is 9.84 Å². The van der Waals surface area contributed by atoms with Crippen molar-refractivity contribution < 1.29 is 35.8 Å². The number of phenolic OH excluding ortho intramolecular Hbond substituents is 1. The number of hydrogen-bond acceptors (Lipinski definition) is 4. The molecular formula is C14H17F4NO4S. The molecule has 1 aliphatic rings. The number of sulfonamides is 1. The van der Waals surface area contributed by atoms with Crippen LogP contribution in [0.15, 0.2) is 23.1 Å². The number of phenols is 1. The monoisotopic (exact) mass is 371 g/mol. The lowest BCUT2D eigenvalue weighted by atomic mass is 10.1. The molecule has 10 heteroatoms. The van der Waals surface area contributed by atoms with Gasteiger partial charge in [0.25, 0.3) is 0 Å². The number of benzene rings is 1. The molecule has 24 heavy (non-hydrogen) atoms. The first kappa shape index (κ1) is 18.8. The Morgan fingerprint density at radius 3 is 2.50 bits per heavy atom. The van der Waals surface area contributed by atoms with Crippen LogP contribution in [0.3, 0.4) is 0 Å². The van der Waals surface area contributed by atoms with Crippen LogP contribution in [0.2, 0.25) is 0 Å². The summed E-state index contributed by atoms with van der Waals surface area (Å²) in [5, 5.41) is 9.71. The molecule has 0 spiro atoms. The fourth-order valence-corrected chi connectivity index (χ4v) is 4.13. The maximum atomic E-state index is 14.0. The van der Waals surface area contributed by atoms with E-state index in [0.717, 1.165) is 24.6 Å². The molecule has 2 unspecified atom stereocenters. The van der Waals surface area contributed by atoms with Crippen LogP contribution >= 0.6 is 0 Å². The number of hydrogen-bond donors (Lipinski definition) is 2. The molecule has 2 N–H and O–H groups in total. The lowest BCUT2D eigenvalue weighted by Crippen LogP contribution is -2.41. The van der Waals surface area contributed by atoms with Crippen molar-refractivity contribution in [3.63, 3.8) is 0 Å². The zero-order valence-corrected chi connectivity index (χ0v) is 13.3. The molecule has 1 fully saturated rings. The average Bonchev–Trinajstić information content (AvgIpc) is 2.61. The van der Waals surface area contributed by atoms with Crippen LogP contribution in [0.4, 0.5) is 17.6 Å². The lowest BCUT2D eigenvalue weighted by Gasteiger charge is -2.21. The zero-order valence-electron chi connectivity index (χ0n) is 12.5. The molecule has 5 nitrogen and oxygen atoms in total. The Morgan fingerprint density at radius 1 is 1.17 bits per heavy atom. The van der Waals surface area contributed by atoms with Crippen molar-refractivity contribution in [3.8, 4) is 11.5 Å². The van der Waals surface area contributed by atoms with Gasteiger partial charge in [0.1, 0.15) is 11.9 Å². The highest BCUT2D eigenvalue weighted by atomic mass is 32.2. The van der Waals surface area contributed by atoms with Crippen LogP contribution in [0.5, 0.6) is 11.5 Å². The minimum absolute atomic E-state index is 0.167. The first-order chi connectivity index (χ1) is 11.1. The number of aromatic hydroxyl groups is 1. The maximum absolute atomic E-state index is 14.0. The SMILES string of the molecule is O=S(=O)(NC1CCCCCC1F)c1c(O)cccc1OC(F)(F)F. The van der Waals surface area contributed by atoms with Crippen LogP contribution in [0.25, 0.3) is 0 Å². The Morgan fingerprint density at radius 2 is 1.83 bits per heavy atom. The number of halogens is 4. The molecule has 1 aromatic rings. The average molecular weight is 371 g/mol. The molecular weight excluding hydrogens is 354 g/mol. The van der Waals surface area contributed by atoms with Crippen molar-refractivity contribution in [1.82, 2.24) is 4.72 Å². The van der Waals surface area contributed by atoms with Crippen molar-refractivity contribution in [2.24, 2.45) is 0 Å². The molecule has 1 aliphatic carbocycles. The second-order valence-electron chi connectivity index (χ2n) is 5.53. The highest BCUT2D eigenvalue weighted by Gasteiger charge is 2.37. The third-order valence-electron chi connectivity index (χ3n) is 3.69. The van der Waals surface area contributed by atoms with E-state index in [9.17, 15) is 31.1 Å². The Hall–Kier alpha value is -1.55.